The van der Waals surface area contributed by atoms with E-state index < -0.39 is 11.1 Å². The molecule has 0 aliphatic carbocycles. The van der Waals surface area contributed by atoms with E-state index in [-0.39, 0.29) is 24.2 Å². The summed E-state index contributed by atoms with van der Waals surface area (Å²) >= 11 is 0. The first-order valence-electron chi connectivity index (χ1n) is 11.7. The van der Waals surface area contributed by atoms with Gasteiger partial charge in [-0.3, -0.25) is 9.79 Å². The minimum atomic E-state index is -0.594. The smallest absolute Gasteiger partial charge is 0.223 e. The van der Waals surface area contributed by atoms with E-state index in [1.807, 2.05) is 18.2 Å². The normalized spacial score (nSPS) is 18.7. The van der Waals surface area contributed by atoms with Gasteiger partial charge in [0.15, 0.2) is 0 Å². The molecule has 3 aromatic carbocycles. The predicted molar refractivity (Wildman–Crippen MR) is 142 cm³/mol. The Balaban J connectivity index is 0.00000324. The second-order valence-electron chi connectivity index (χ2n) is 9.15. The van der Waals surface area contributed by atoms with Gasteiger partial charge in [-0.1, -0.05) is 104 Å². The molecule has 4 nitrogen and oxygen atoms in total. The minimum absolute atomic E-state index is 0. The van der Waals surface area contributed by atoms with Gasteiger partial charge < -0.3 is 10.6 Å². The topological polar surface area (TPSA) is 58.7 Å². The molecule has 1 aliphatic rings. The van der Waals surface area contributed by atoms with Gasteiger partial charge in [0.25, 0.3) is 0 Å². The van der Waals surface area contributed by atoms with Crippen molar-refractivity contribution < 1.29 is 4.79 Å². The molecule has 0 aromatic heterocycles. The lowest BCUT2D eigenvalue weighted by Crippen LogP contribution is -2.53. The fraction of sp³-hybridized carbons (Fsp3) is 0.310. The summed E-state index contributed by atoms with van der Waals surface area (Å²) in [6.07, 6.45) is 1.62. The van der Waals surface area contributed by atoms with E-state index in [1.54, 1.807) is 0 Å². The van der Waals surface area contributed by atoms with Gasteiger partial charge in [0.2, 0.25) is 5.91 Å². The molecule has 1 amide bonds. The summed E-state index contributed by atoms with van der Waals surface area (Å²) in [4.78, 5) is 20.0. The quantitative estimate of drug-likeness (QED) is 0.419. The third-order valence-electron chi connectivity index (χ3n) is 6.94. The van der Waals surface area contributed by atoms with Crippen LogP contribution in [-0.2, 0) is 10.3 Å². The van der Waals surface area contributed by atoms with E-state index >= 15 is 0 Å². The van der Waals surface area contributed by atoms with E-state index in [0.29, 0.717) is 6.54 Å². The Bertz CT molecular complexity index is 1020. The molecule has 3 aromatic rings. The van der Waals surface area contributed by atoms with Gasteiger partial charge in [0.05, 0.1) is 17.3 Å². The zero-order valence-corrected chi connectivity index (χ0v) is 21.0. The van der Waals surface area contributed by atoms with Gasteiger partial charge in [0.1, 0.15) is 5.54 Å². The predicted octanol–water partition coefficient (Wildman–Crippen LogP) is 5.79. The van der Waals surface area contributed by atoms with Crippen LogP contribution < -0.4 is 5.73 Å². The number of carbonyl (C=O) groups is 1. The monoisotopic (exact) mass is 475 g/mol. The van der Waals surface area contributed by atoms with E-state index in [0.717, 1.165) is 35.4 Å². The Morgan fingerprint density at radius 2 is 1.35 bits per heavy atom. The second-order valence-corrected chi connectivity index (χ2v) is 9.15. The molecular formula is C29H34ClN3O. The molecule has 0 bridgehead atoms. The van der Waals surface area contributed by atoms with Crippen molar-refractivity contribution in [1.82, 2.24) is 4.90 Å². The fourth-order valence-electron chi connectivity index (χ4n) is 5.50. The molecule has 4 rings (SSSR count). The number of amidine groups is 1. The lowest BCUT2D eigenvalue weighted by Gasteiger charge is -2.46. The van der Waals surface area contributed by atoms with Crippen LogP contribution in [0.4, 0.5) is 0 Å². The molecule has 0 radical (unpaired) electrons. The number of aliphatic imine (C=N–C) groups is 1. The molecule has 1 aliphatic heterocycles. The summed E-state index contributed by atoms with van der Waals surface area (Å²) in [5.41, 5.74) is 8.19. The number of hydrogen-bond donors (Lipinski definition) is 1. The fourth-order valence-corrected chi connectivity index (χ4v) is 5.50. The highest BCUT2D eigenvalue weighted by molar-refractivity contribution is 5.87. The maximum Gasteiger partial charge on any atom is 0.223 e. The molecule has 178 valence electrons. The van der Waals surface area contributed by atoms with Gasteiger partial charge in [-0.2, -0.15) is 0 Å². The summed E-state index contributed by atoms with van der Waals surface area (Å²) < 4.78 is 0. The van der Waals surface area contributed by atoms with E-state index in [9.17, 15) is 4.79 Å². The Morgan fingerprint density at radius 1 is 0.941 bits per heavy atom. The lowest BCUT2D eigenvalue weighted by atomic mass is 9.74. The summed E-state index contributed by atoms with van der Waals surface area (Å²) in [6.45, 7) is 6.82. The number of halogens is 1. The second kappa shape index (κ2) is 10.4. The largest absolute Gasteiger partial charge is 0.369 e. The van der Waals surface area contributed by atoms with Crippen molar-refractivity contribution in [2.75, 3.05) is 6.54 Å². The number of carbonyl (C=O) groups excluding carboxylic acids is 1. The maximum absolute atomic E-state index is 12.5. The van der Waals surface area contributed by atoms with Crippen LogP contribution in [0.1, 0.15) is 50.3 Å². The molecule has 0 saturated carbocycles. The van der Waals surface area contributed by atoms with Gasteiger partial charge in [-0.25, -0.2) is 0 Å². The molecule has 0 spiro atoms. The van der Waals surface area contributed by atoms with Crippen LogP contribution in [0.25, 0.3) is 0 Å². The van der Waals surface area contributed by atoms with Crippen molar-refractivity contribution in [3.8, 4) is 0 Å². The summed E-state index contributed by atoms with van der Waals surface area (Å²) in [6, 6.07) is 31.7. The Morgan fingerprint density at radius 3 is 1.71 bits per heavy atom. The van der Waals surface area contributed by atoms with Crippen molar-refractivity contribution in [1.29, 1.82) is 0 Å². The first-order chi connectivity index (χ1) is 15.9. The first-order valence-corrected chi connectivity index (χ1v) is 11.7. The third kappa shape index (κ3) is 4.35. The highest BCUT2D eigenvalue weighted by atomic mass is 35.5. The zero-order valence-electron chi connectivity index (χ0n) is 20.1. The van der Waals surface area contributed by atoms with Gasteiger partial charge in [-0.05, 0) is 37.0 Å². The Kier molecular flexibility index (Phi) is 7.83. The molecular weight excluding hydrogens is 442 g/mol. The van der Waals surface area contributed by atoms with Gasteiger partial charge >= 0.3 is 0 Å². The van der Waals surface area contributed by atoms with Crippen LogP contribution >= 0.6 is 12.4 Å². The van der Waals surface area contributed by atoms with Crippen LogP contribution in [0.3, 0.4) is 0 Å². The highest BCUT2D eigenvalue weighted by Gasteiger charge is 2.51. The average Bonchev–Trinajstić information content (AvgIpc) is 3.15. The summed E-state index contributed by atoms with van der Waals surface area (Å²) in [7, 11) is 0. The highest BCUT2D eigenvalue weighted by Crippen LogP contribution is 2.46. The number of nitrogens with zero attached hydrogens (tertiary/aromatic N) is 2. The lowest BCUT2D eigenvalue weighted by molar-refractivity contribution is -0.124. The zero-order chi connectivity index (χ0) is 23.5. The molecule has 2 N–H and O–H groups in total. The number of hydrogen-bond acceptors (Lipinski definition) is 3. The van der Waals surface area contributed by atoms with Crippen LogP contribution in [0.2, 0.25) is 0 Å². The molecule has 2 atom stereocenters. The minimum Gasteiger partial charge on any atom is -0.369 e. The SMILES string of the molecule is CCCC(C(N)=O)C1(C)CN(C(c2ccccc2)(c2ccccc2)c2ccccc2)C(C)=N1.Cl. The van der Waals surface area contributed by atoms with Crippen LogP contribution in [-0.4, -0.2) is 28.7 Å². The maximum atomic E-state index is 12.5. The van der Waals surface area contributed by atoms with Crippen molar-refractivity contribution in [2.45, 2.75) is 44.7 Å². The van der Waals surface area contributed by atoms with Crippen molar-refractivity contribution in [3.63, 3.8) is 0 Å². The van der Waals surface area contributed by atoms with Crippen LogP contribution in [0.15, 0.2) is 96.0 Å². The summed E-state index contributed by atoms with van der Waals surface area (Å²) in [5, 5.41) is 0. The van der Waals surface area contributed by atoms with Crippen molar-refractivity contribution in [3.05, 3.63) is 108 Å². The molecule has 5 heteroatoms. The van der Waals surface area contributed by atoms with E-state index in [2.05, 4.69) is 98.5 Å². The molecule has 1 heterocycles. The molecule has 34 heavy (non-hydrogen) atoms. The van der Waals surface area contributed by atoms with Crippen molar-refractivity contribution >= 4 is 24.1 Å². The van der Waals surface area contributed by atoms with Crippen LogP contribution in [0.5, 0.6) is 0 Å². The standard InChI is InChI=1S/C29H33N3O.ClH/c1-4-14-26(27(30)33)28(3)21-32(22(2)31-28)29(23-15-8-5-9-16-23,24-17-10-6-11-18-24)25-19-12-7-13-20-25;/h5-13,15-20,26H,4,14,21H2,1-3H3,(H2,30,33);1H. The van der Waals surface area contributed by atoms with E-state index in [4.69, 9.17) is 10.7 Å². The Labute approximate surface area is 209 Å². The van der Waals surface area contributed by atoms with Gasteiger partial charge in [0, 0.05) is 6.54 Å². The Hall–Kier alpha value is -3.11. The number of rotatable bonds is 8. The number of primary amides is 1. The van der Waals surface area contributed by atoms with E-state index in [1.165, 1.54) is 0 Å². The first kappa shape index (κ1) is 25.5. The van der Waals surface area contributed by atoms with Crippen molar-refractivity contribution in [2.24, 2.45) is 16.6 Å². The van der Waals surface area contributed by atoms with Crippen LogP contribution in [0, 0.1) is 5.92 Å². The molecule has 0 saturated heterocycles. The van der Waals surface area contributed by atoms with Gasteiger partial charge in [-0.15, -0.1) is 12.4 Å². The average molecular weight is 476 g/mol. The molecule has 2 unspecified atom stereocenters. The number of benzene rings is 3. The number of nitrogens with two attached hydrogens (primary N) is 1. The third-order valence-corrected chi connectivity index (χ3v) is 6.94. The summed E-state index contributed by atoms with van der Waals surface area (Å²) in [5.74, 6) is 0.321. The number of amides is 1. The molecule has 0 fully saturated rings.